The summed E-state index contributed by atoms with van der Waals surface area (Å²) in [5, 5.41) is 0. The van der Waals surface area contributed by atoms with Crippen LogP contribution in [0.3, 0.4) is 0 Å². The summed E-state index contributed by atoms with van der Waals surface area (Å²) in [5.41, 5.74) is 0.370. The Labute approximate surface area is 123 Å². The van der Waals surface area contributed by atoms with Crippen molar-refractivity contribution in [2.75, 3.05) is 13.2 Å². The Morgan fingerprint density at radius 1 is 1.25 bits per heavy atom. The monoisotopic (exact) mass is 299 g/mol. The van der Waals surface area contributed by atoms with Crippen LogP contribution in [0, 0.1) is 11.3 Å². The SMILES string of the molecule is CCOC(=O)C(Cc1cncs1)(C(=O)OCC)C(C)C. The molecule has 5 nitrogen and oxygen atoms in total. The number of hydrogen-bond donors (Lipinski definition) is 0. The van der Waals surface area contributed by atoms with Crippen molar-refractivity contribution in [1.82, 2.24) is 4.98 Å². The van der Waals surface area contributed by atoms with Gasteiger partial charge in [-0.05, 0) is 19.8 Å². The first-order chi connectivity index (χ1) is 9.48. The van der Waals surface area contributed by atoms with Gasteiger partial charge in [0.1, 0.15) is 0 Å². The second kappa shape index (κ2) is 7.38. The Kier molecular flexibility index (Phi) is 6.13. The number of aromatic nitrogens is 1. The topological polar surface area (TPSA) is 65.5 Å². The molecular formula is C14H21NO4S. The van der Waals surface area contributed by atoms with Gasteiger partial charge in [-0.2, -0.15) is 0 Å². The van der Waals surface area contributed by atoms with E-state index in [4.69, 9.17) is 9.47 Å². The molecule has 20 heavy (non-hydrogen) atoms. The van der Waals surface area contributed by atoms with Crippen molar-refractivity contribution >= 4 is 23.3 Å². The zero-order chi connectivity index (χ0) is 15.2. The van der Waals surface area contributed by atoms with Gasteiger partial charge in [0.25, 0.3) is 0 Å². The van der Waals surface area contributed by atoms with Gasteiger partial charge in [0.05, 0.1) is 18.7 Å². The van der Waals surface area contributed by atoms with E-state index in [-0.39, 0.29) is 25.6 Å². The fourth-order valence-electron chi connectivity index (χ4n) is 2.03. The van der Waals surface area contributed by atoms with E-state index < -0.39 is 17.4 Å². The average molecular weight is 299 g/mol. The smallest absolute Gasteiger partial charge is 0.324 e. The van der Waals surface area contributed by atoms with E-state index in [1.807, 2.05) is 13.8 Å². The molecule has 0 saturated heterocycles. The van der Waals surface area contributed by atoms with Crippen molar-refractivity contribution < 1.29 is 19.1 Å². The lowest BCUT2D eigenvalue weighted by Crippen LogP contribution is -2.47. The Bertz CT molecular complexity index is 424. The molecule has 0 fully saturated rings. The number of rotatable bonds is 7. The van der Waals surface area contributed by atoms with Crippen LogP contribution in [0.4, 0.5) is 0 Å². The van der Waals surface area contributed by atoms with E-state index in [2.05, 4.69) is 4.98 Å². The van der Waals surface area contributed by atoms with Gasteiger partial charge in [-0.3, -0.25) is 14.6 Å². The van der Waals surface area contributed by atoms with Gasteiger partial charge >= 0.3 is 11.9 Å². The largest absolute Gasteiger partial charge is 0.465 e. The molecule has 0 radical (unpaired) electrons. The summed E-state index contributed by atoms with van der Waals surface area (Å²) in [6, 6.07) is 0. The van der Waals surface area contributed by atoms with Crippen LogP contribution in [0.5, 0.6) is 0 Å². The minimum atomic E-state index is -1.31. The number of thiazole rings is 1. The zero-order valence-corrected chi connectivity index (χ0v) is 13.2. The van der Waals surface area contributed by atoms with Gasteiger partial charge in [-0.25, -0.2) is 0 Å². The molecule has 0 aromatic carbocycles. The van der Waals surface area contributed by atoms with Crippen LogP contribution in [-0.4, -0.2) is 30.1 Å². The lowest BCUT2D eigenvalue weighted by Gasteiger charge is -2.32. The highest BCUT2D eigenvalue weighted by Gasteiger charge is 2.51. The molecule has 0 amide bonds. The third kappa shape index (κ3) is 3.36. The maximum Gasteiger partial charge on any atom is 0.324 e. The maximum atomic E-state index is 12.4. The van der Waals surface area contributed by atoms with Crippen LogP contribution in [0.1, 0.15) is 32.6 Å². The molecule has 1 aromatic rings. The molecule has 0 bridgehead atoms. The molecule has 0 aliphatic rings. The van der Waals surface area contributed by atoms with Crippen molar-refractivity contribution in [2.45, 2.75) is 34.1 Å². The van der Waals surface area contributed by atoms with E-state index >= 15 is 0 Å². The summed E-state index contributed by atoms with van der Waals surface area (Å²) in [4.78, 5) is 29.7. The molecule has 0 N–H and O–H groups in total. The minimum Gasteiger partial charge on any atom is -0.465 e. The number of hydrogen-bond acceptors (Lipinski definition) is 6. The van der Waals surface area contributed by atoms with Crippen LogP contribution in [0.2, 0.25) is 0 Å². The molecule has 0 saturated carbocycles. The number of nitrogens with zero attached hydrogens (tertiary/aromatic N) is 1. The highest BCUT2D eigenvalue weighted by molar-refractivity contribution is 7.09. The minimum absolute atomic E-state index is 0.232. The summed E-state index contributed by atoms with van der Waals surface area (Å²) in [5.74, 6) is -1.29. The zero-order valence-electron chi connectivity index (χ0n) is 12.3. The second-order valence-electron chi connectivity index (χ2n) is 4.71. The summed E-state index contributed by atoms with van der Waals surface area (Å²) in [6.07, 6.45) is 1.92. The highest BCUT2D eigenvalue weighted by atomic mass is 32.1. The van der Waals surface area contributed by atoms with Crippen LogP contribution in [0.25, 0.3) is 0 Å². The van der Waals surface area contributed by atoms with E-state index in [9.17, 15) is 9.59 Å². The van der Waals surface area contributed by atoms with Crippen molar-refractivity contribution in [1.29, 1.82) is 0 Å². The van der Waals surface area contributed by atoms with E-state index in [0.717, 1.165) is 4.88 Å². The summed E-state index contributed by atoms with van der Waals surface area (Å²) in [6.45, 7) is 7.57. The Hall–Kier alpha value is -1.43. The van der Waals surface area contributed by atoms with E-state index in [0.29, 0.717) is 0 Å². The number of carbonyl (C=O) groups is 2. The van der Waals surface area contributed by atoms with Gasteiger partial charge in [-0.1, -0.05) is 13.8 Å². The van der Waals surface area contributed by atoms with Crippen LogP contribution in [0.15, 0.2) is 11.7 Å². The molecule has 112 valence electrons. The first kappa shape index (κ1) is 16.6. The molecule has 6 heteroatoms. The first-order valence-corrected chi connectivity index (χ1v) is 7.58. The molecule has 0 aliphatic heterocycles. The number of carbonyl (C=O) groups excluding carboxylic acids is 2. The van der Waals surface area contributed by atoms with Crippen LogP contribution >= 0.6 is 11.3 Å². The third-order valence-corrected chi connectivity index (χ3v) is 3.98. The van der Waals surface area contributed by atoms with Crippen LogP contribution < -0.4 is 0 Å². The third-order valence-electron chi connectivity index (χ3n) is 3.20. The predicted octanol–water partition coefficient (Wildman–Crippen LogP) is 2.45. The van der Waals surface area contributed by atoms with E-state index in [1.54, 1.807) is 25.6 Å². The Morgan fingerprint density at radius 2 is 1.80 bits per heavy atom. The van der Waals surface area contributed by atoms with Gasteiger partial charge in [-0.15, -0.1) is 11.3 Å². The quantitative estimate of drug-likeness (QED) is 0.571. The Morgan fingerprint density at radius 3 is 2.15 bits per heavy atom. The van der Waals surface area contributed by atoms with Crippen molar-refractivity contribution in [3.63, 3.8) is 0 Å². The van der Waals surface area contributed by atoms with Crippen molar-refractivity contribution in [2.24, 2.45) is 11.3 Å². The Balaban J connectivity index is 3.18. The van der Waals surface area contributed by atoms with Gasteiger partial charge in [0.2, 0.25) is 0 Å². The predicted molar refractivity (Wildman–Crippen MR) is 76.4 cm³/mol. The fourth-order valence-corrected chi connectivity index (χ4v) is 2.72. The summed E-state index contributed by atoms with van der Waals surface area (Å²) < 4.78 is 10.3. The molecule has 1 aromatic heterocycles. The standard InChI is InChI=1S/C14H21NO4S/c1-5-18-12(16)14(10(3)4,13(17)19-6-2)7-11-8-15-9-20-11/h8-10H,5-7H2,1-4H3. The molecular weight excluding hydrogens is 278 g/mol. The molecule has 0 atom stereocenters. The summed E-state index contributed by atoms with van der Waals surface area (Å²) >= 11 is 1.41. The number of esters is 2. The lowest BCUT2D eigenvalue weighted by molar-refractivity contribution is -0.175. The fraction of sp³-hybridized carbons (Fsp3) is 0.643. The second-order valence-corrected chi connectivity index (χ2v) is 5.68. The van der Waals surface area contributed by atoms with Gasteiger partial charge in [0.15, 0.2) is 5.41 Å². The lowest BCUT2D eigenvalue weighted by atomic mass is 9.74. The molecule has 1 heterocycles. The van der Waals surface area contributed by atoms with Crippen molar-refractivity contribution in [3.05, 3.63) is 16.6 Å². The molecule has 1 rings (SSSR count). The average Bonchev–Trinajstić information content (AvgIpc) is 2.88. The van der Waals surface area contributed by atoms with Crippen LogP contribution in [-0.2, 0) is 25.5 Å². The molecule has 0 aliphatic carbocycles. The maximum absolute atomic E-state index is 12.4. The normalized spacial score (nSPS) is 11.4. The summed E-state index contributed by atoms with van der Waals surface area (Å²) in [7, 11) is 0. The first-order valence-electron chi connectivity index (χ1n) is 6.70. The molecule has 0 spiro atoms. The molecule has 0 unspecified atom stereocenters. The number of ether oxygens (including phenoxy) is 2. The van der Waals surface area contributed by atoms with Crippen molar-refractivity contribution in [3.8, 4) is 0 Å². The van der Waals surface area contributed by atoms with Gasteiger partial charge in [0, 0.05) is 17.5 Å². The highest BCUT2D eigenvalue weighted by Crippen LogP contribution is 2.36. The van der Waals surface area contributed by atoms with Gasteiger partial charge < -0.3 is 9.47 Å². The van der Waals surface area contributed by atoms with E-state index in [1.165, 1.54) is 11.3 Å².